The molecular formula is C7H15N5S. The van der Waals surface area contributed by atoms with E-state index in [1.165, 1.54) is 0 Å². The van der Waals surface area contributed by atoms with Crippen LogP contribution in [0, 0.1) is 10.7 Å². The zero-order valence-electron chi connectivity index (χ0n) is 7.95. The van der Waals surface area contributed by atoms with E-state index in [2.05, 4.69) is 34.7 Å². The van der Waals surface area contributed by atoms with Crippen molar-refractivity contribution in [1.29, 1.82) is 0 Å². The number of H-pyrrole nitrogens is 1. The maximum atomic E-state index is 4.92. The van der Waals surface area contributed by atoms with Gasteiger partial charge in [-0.2, -0.15) is 5.21 Å². The van der Waals surface area contributed by atoms with Gasteiger partial charge in [-0.25, -0.2) is 4.68 Å². The molecule has 0 unspecified atom stereocenters. The van der Waals surface area contributed by atoms with Gasteiger partial charge in [0.2, 0.25) is 4.77 Å². The molecule has 0 aliphatic heterocycles. The van der Waals surface area contributed by atoms with Crippen LogP contribution in [-0.4, -0.2) is 33.3 Å². The van der Waals surface area contributed by atoms with Crippen LogP contribution in [0.1, 0.15) is 13.8 Å². The van der Waals surface area contributed by atoms with Crippen LogP contribution in [0.2, 0.25) is 0 Å². The molecule has 6 heteroatoms. The summed E-state index contributed by atoms with van der Waals surface area (Å²) < 4.78 is 2.24. The minimum atomic E-state index is 0.506. The Bertz CT molecular complexity index is 289. The molecule has 2 N–H and O–H groups in total. The number of tetrazole rings is 1. The zero-order chi connectivity index (χ0) is 9.68. The standard InChI is InChI=1S/C7H15N5S/c1-6(2)5-8-3-4-12-7(13)9-10-11-12/h6,8H,3-5H2,1-2H3,(H,9,11,13). The van der Waals surface area contributed by atoms with Crippen molar-refractivity contribution in [2.45, 2.75) is 20.4 Å². The summed E-state index contributed by atoms with van der Waals surface area (Å²) in [5.41, 5.74) is 0. The molecule has 1 heterocycles. The van der Waals surface area contributed by atoms with Crippen molar-refractivity contribution in [3.05, 3.63) is 4.77 Å². The first-order valence-electron chi connectivity index (χ1n) is 4.38. The summed E-state index contributed by atoms with van der Waals surface area (Å²) in [6, 6.07) is 0. The van der Waals surface area contributed by atoms with E-state index in [4.69, 9.17) is 12.2 Å². The van der Waals surface area contributed by atoms with Gasteiger partial charge in [-0.3, -0.25) is 0 Å². The highest BCUT2D eigenvalue weighted by Gasteiger charge is 1.95. The Morgan fingerprint density at radius 3 is 2.92 bits per heavy atom. The van der Waals surface area contributed by atoms with Gasteiger partial charge in [0, 0.05) is 6.54 Å². The first kappa shape index (κ1) is 10.3. The number of rotatable bonds is 5. The monoisotopic (exact) mass is 201 g/mol. The molecule has 5 nitrogen and oxygen atoms in total. The Labute approximate surface area is 82.5 Å². The first-order chi connectivity index (χ1) is 6.20. The molecule has 74 valence electrons. The molecule has 0 bridgehead atoms. The summed E-state index contributed by atoms with van der Waals surface area (Å²) in [5, 5.41) is 13.3. The lowest BCUT2D eigenvalue weighted by molar-refractivity contribution is 0.497. The van der Waals surface area contributed by atoms with Crippen molar-refractivity contribution in [2.75, 3.05) is 13.1 Å². The van der Waals surface area contributed by atoms with Crippen molar-refractivity contribution < 1.29 is 0 Å². The molecular weight excluding hydrogens is 186 g/mol. The van der Waals surface area contributed by atoms with E-state index in [0.29, 0.717) is 10.7 Å². The van der Waals surface area contributed by atoms with Gasteiger partial charge in [0.05, 0.1) is 6.54 Å². The SMILES string of the molecule is CC(C)CNCCn1[nH]nnc1=S. The average Bonchev–Trinajstić information content (AvgIpc) is 2.45. The van der Waals surface area contributed by atoms with Crippen molar-refractivity contribution >= 4 is 12.2 Å². The van der Waals surface area contributed by atoms with E-state index in [1.807, 2.05) is 0 Å². The van der Waals surface area contributed by atoms with Crippen molar-refractivity contribution in [3.8, 4) is 0 Å². The highest BCUT2D eigenvalue weighted by Crippen LogP contribution is 1.87. The van der Waals surface area contributed by atoms with E-state index in [9.17, 15) is 0 Å². The van der Waals surface area contributed by atoms with E-state index >= 15 is 0 Å². The lowest BCUT2D eigenvalue weighted by Gasteiger charge is -2.06. The third kappa shape index (κ3) is 3.65. The topological polar surface area (TPSA) is 58.5 Å². The van der Waals surface area contributed by atoms with Crippen LogP contribution < -0.4 is 5.32 Å². The molecule has 1 aromatic heterocycles. The highest BCUT2D eigenvalue weighted by atomic mass is 32.1. The number of aromatic nitrogens is 4. The number of hydrogen-bond acceptors (Lipinski definition) is 4. The molecule has 0 saturated heterocycles. The second-order valence-corrected chi connectivity index (χ2v) is 3.70. The molecule has 0 amide bonds. The minimum absolute atomic E-state index is 0.506. The van der Waals surface area contributed by atoms with Crippen molar-refractivity contribution in [2.24, 2.45) is 5.92 Å². The molecule has 0 radical (unpaired) electrons. The number of nitrogens with zero attached hydrogens (tertiary/aromatic N) is 3. The van der Waals surface area contributed by atoms with Gasteiger partial charge < -0.3 is 5.32 Å². The Kier molecular flexibility index (Phi) is 4.04. The molecule has 0 atom stereocenters. The minimum Gasteiger partial charge on any atom is -0.315 e. The maximum absolute atomic E-state index is 4.92. The number of nitrogens with one attached hydrogen (secondary N) is 2. The summed E-state index contributed by atoms with van der Waals surface area (Å²) in [6.45, 7) is 7.05. The van der Waals surface area contributed by atoms with Gasteiger partial charge in [0.1, 0.15) is 0 Å². The third-order valence-corrected chi connectivity index (χ3v) is 1.90. The third-order valence-electron chi connectivity index (χ3n) is 1.60. The lowest BCUT2D eigenvalue weighted by atomic mass is 10.2. The highest BCUT2D eigenvalue weighted by molar-refractivity contribution is 7.71. The van der Waals surface area contributed by atoms with Gasteiger partial charge in [-0.15, -0.1) is 0 Å². The summed E-state index contributed by atoms with van der Waals surface area (Å²) in [4.78, 5) is 0. The number of hydrogen-bond donors (Lipinski definition) is 2. The summed E-state index contributed by atoms with van der Waals surface area (Å²) in [6.07, 6.45) is 0. The van der Waals surface area contributed by atoms with Gasteiger partial charge in [0.15, 0.2) is 0 Å². The van der Waals surface area contributed by atoms with E-state index in [1.54, 1.807) is 4.68 Å². The normalized spacial score (nSPS) is 11.0. The summed E-state index contributed by atoms with van der Waals surface area (Å²) in [7, 11) is 0. The molecule has 0 aliphatic rings. The fourth-order valence-electron chi connectivity index (χ4n) is 0.943. The first-order valence-corrected chi connectivity index (χ1v) is 4.79. The van der Waals surface area contributed by atoms with Crippen LogP contribution in [0.4, 0.5) is 0 Å². The Balaban J connectivity index is 2.21. The summed E-state index contributed by atoms with van der Waals surface area (Å²) in [5.74, 6) is 0.674. The van der Waals surface area contributed by atoms with Crippen LogP contribution in [0.5, 0.6) is 0 Å². The number of aromatic amines is 1. The molecule has 0 fully saturated rings. The maximum Gasteiger partial charge on any atom is 0.238 e. The molecule has 1 aromatic rings. The zero-order valence-corrected chi connectivity index (χ0v) is 8.77. The Hall–Kier alpha value is -0.750. The fourth-order valence-corrected chi connectivity index (χ4v) is 1.12. The lowest BCUT2D eigenvalue weighted by Crippen LogP contribution is -2.24. The largest absolute Gasteiger partial charge is 0.315 e. The van der Waals surface area contributed by atoms with Crippen molar-refractivity contribution in [1.82, 2.24) is 25.5 Å². The van der Waals surface area contributed by atoms with Gasteiger partial charge >= 0.3 is 0 Å². The molecule has 0 saturated carbocycles. The van der Waals surface area contributed by atoms with Crippen LogP contribution in [0.15, 0.2) is 0 Å². The van der Waals surface area contributed by atoms with Gasteiger partial charge in [0.25, 0.3) is 0 Å². The van der Waals surface area contributed by atoms with Crippen molar-refractivity contribution in [3.63, 3.8) is 0 Å². The Morgan fingerprint density at radius 2 is 2.38 bits per heavy atom. The second-order valence-electron chi connectivity index (χ2n) is 3.33. The van der Waals surface area contributed by atoms with Crippen LogP contribution in [0.3, 0.4) is 0 Å². The van der Waals surface area contributed by atoms with E-state index in [0.717, 1.165) is 19.6 Å². The Morgan fingerprint density at radius 1 is 1.62 bits per heavy atom. The van der Waals surface area contributed by atoms with Crippen LogP contribution in [0.25, 0.3) is 0 Å². The molecule has 0 aromatic carbocycles. The summed E-state index contributed by atoms with van der Waals surface area (Å²) >= 11 is 4.92. The average molecular weight is 201 g/mol. The van der Waals surface area contributed by atoms with E-state index in [-0.39, 0.29) is 0 Å². The fraction of sp³-hybridized carbons (Fsp3) is 0.857. The van der Waals surface area contributed by atoms with E-state index < -0.39 is 0 Å². The molecule has 13 heavy (non-hydrogen) atoms. The second kappa shape index (κ2) is 5.08. The quantitative estimate of drug-likeness (QED) is 0.540. The molecule has 0 spiro atoms. The molecule has 0 aliphatic carbocycles. The molecule has 1 rings (SSSR count). The smallest absolute Gasteiger partial charge is 0.238 e. The van der Waals surface area contributed by atoms with Crippen LogP contribution in [-0.2, 0) is 6.54 Å². The predicted octanol–water partition coefficient (Wildman–Crippen LogP) is 0.581. The predicted molar refractivity (Wildman–Crippen MR) is 52.9 cm³/mol. The van der Waals surface area contributed by atoms with Crippen LogP contribution >= 0.6 is 12.2 Å². The van der Waals surface area contributed by atoms with Gasteiger partial charge in [-0.1, -0.05) is 24.2 Å². The van der Waals surface area contributed by atoms with Gasteiger partial charge in [-0.05, 0) is 24.7 Å².